The Morgan fingerprint density at radius 1 is 1.15 bits per heavy atom. The largest absolute Gasteiger partial charge is 0.488 e. The highest BCUT2D eigenvalue weighted by Crippen LogP contribution is 2.22. The van der Waals surface area contributed by atoms with E-state index in [4.69, 9.17) is 9.47 Å². The molecule has 0 aliphatic carbocycles. The number of hydrogen-bond acceptors (Lipinski definition) is 3. The minimum absolute atomic E-state index is 0.145. The van der Waals surface area contributed by atoms with E-state index in [1.54, 1.807) is 0 Å². The Labute approximate surface area is 122 Å². The van der Waals surface area contributed by atoms with Crippen LogP contribution in [0.5, 0.6) is 5.75 Å². The van der Waals surface area contributed by atoms with Gasteiger partial charge in [-0.15, -0.1) is 0 Å². The number of rotatable bonds is 4. The molecule has 1 aromatic rings. The van der Waals surface area contributed by atoms with Gasteiger partial charge in [0.1, 0.15) is 11.4 Å². The molecule has 0 saturated carbocycles. The van der Waals surface area contributed by atoms with Gasteiger partial charge in [-0.2, -0.15) is 0 Å². The molecule has 1 N–H and O–H groups in total. The van der Waals surface area contributed by atoms with E-state index in [0.717, 1.165) is 31.8 Å². The van der Waals surface area contributed by atoms with Gasteiger partial charge >= 0.3 is 0 Å². The lowest BCUT2D eigenvalue weighted by Crippen LogP contribution is -2.36. The molecule has 0 bridgehead atoms. The van der Waals surface area contributed by atoms with Crippen LogP contribution in [0.4, 0.5) is 0 Å². The average Bonchev–Trinajstić information content (AvgIpc) is 2.39. The van der Waals surface area contributed by atoms with Crippen molar-refractivity contribution in [3.63, 3.8) is 0 Å². The van der Waals surface area contributed by atoms with Crippen LogP contribution in [0.25, 0.3) is 0 Å². The van der Waals surface area contributed by atoms with Crippen molar-refractivity contribution in [2.24, 2.45) is 0 Å². The van der Waals surface area contributed by atoms with Gasteiger partial charge in [0.15, 0.2) is 0 Å². The molecule has 0 spiro atoms. The predicted octanol–water partition coefficient (Wildman–Crippen LogP) is 3.69. The van der Waals surface area contributed by atoms with Crippen molar-refractivity contribution in [1.82, 2.24) is 5.32 Å². The summed E-state index contributed by atoms with van der Waals surface area (Å²) >= 11 is 0. The summed E-state index contributed by atoms with van der Waals surface area (Å²) in [4.78, 5) is 0. The van der Waals surface area contributed by atoms with Crippen molar-refractivity contribution in [3.8, 4) is 5.75 Å². The maximum atomic E-state index is 5.85. The lowest BCUT2D eigenvalue weighted by molar-refractivity contribution is 0.0754. The number of hydrogen-bond donors (Lipinski definition) is 1. The smallest absolute Gasteiger partial charge is 0.120 e. The topological polar surface area (TPSA) is 30.5 Å². The molecule has 1 fully saturated rings. The van der Waals surface area contributed by atoms with Gasteiger partial charge in [-0.3, -0.25) is 0 Å². The highest BCUT2D eigenvalue weighted by molar-refractivity contribution is 5.29. The second kappa shape index (κ2) is 6.59. The predicted molar refractivity (Wildman–Crippen MR) is 82.2 cm³/mol. The number of ether oxygens (including phenoxy) is 2. The van der Waals surface area contributed by atoms with E-state index >= 15 is 0 Å². The van der Waals surface area contributed by atoms with Gasteiger partial charge in [-0.05, 0) is 58.2 Å². The minimum atomic E-state index is -0.145. The van der Waals surface area contributed by atoms with Crippen molar-refractivity contribution < 1.29 is 9.47 Å². The fraction of sp³-hybridized carbons (Fsp3) is 0.647. The van der Waals surface area contributed by atoms with E-state index in [1.807, 2.05) is 0 Å². The summed E-state index contributed by atoms with van der Waals surface area (Å²) in [7, 11) is 0. The van der Waals surface area contributed by atoms with Gasteiger partial charge in [0.25, 0.3) is 0 Å². The summed E-state index contributed by atoms with van der Waals surface area (Å²) in [5, 5.41) is 3.68. The first-order valence-corrected chi connectivity index (χ1v) is 7.57. The molecule has 1 saturated heterocycles. The standard InChI is InChI=1S/C17H27NO2/c1-13(18-15-9-11-19-12-10-15)14-5-7-16(8-6-14)20-17(2,3)4/h5-8,13,15,18H,9-12H2,1-4H3/t13-/m1/s1. The molecule has 0 aromatic heterocycles. The SMILES string of the molecule is C[C@@H](NC1CCOCC1)c1ccc(OC(C)(C)C)cc1. The Morgan fingerprint density at radius 2 is 1.75 bits per heavy atom. The van der Waals surface area contributed by atoms with Crippen molar-refractivity contribution >= 4 is 0 Å². The van der Waals surface area contributed by atoms with Crippen molar-refractivity contribution in [2.45, 2.75) is 58.2 Å². The highest BCUT2D eigenvalue weighted by Gasteiger charge is 2.17. The third-order valence-corrected chi connectivity index (χ3v) is 3.51. The van der Waals surface area contributed by atoms with Crippen molar-refractivity contribution in [2.75, 3.05) is 13.2 Å². The van der Waals surface area contributed by atoms with Gasteiger partial charge in [-0.25, -0.2) is 0 Å². The third kappa shape index (κ3) is 4.80. The first-order valence-electron chi connectivity index (χ1n) is 7.57. The van der Waals surface area contributed by atoms with Gasteiger partial charge in [0, 0.05) is 25.3 Å². The quantitative estimate of drug-likeness (QED) is 0.910. The maximum Gasteiger partial charge on any atom is 0.120 e. The van der Waals surface area contributed by atoms with E-state index in [9.17, 15) is 0 Å². The summed E-state index contributed by atoms with van der Waals surface area (Å²) in [5.41, 5.74) is 1.16. The van der Waals surface area contributed by atoms with Crippen LogP contribution >= 0.6 is 0 Å². The van der Waals surface area contributed by atoms with Gasteiger partial charge in [-0.1, -0.05) is 12.1 Å². The molecule has 0 unspecified atom stereocenters. The molecule has 0 radical (unpaired) electrons. The van der Waals surface area contributed by atoms with Crippen LogP contribution < -0.4 is 10.1 Å². The van der Waals surface area contributed by atoms with Crippen LogP contribution in [0.1, 0.15) is 52.1 Å². The monoisotopic (exact) mass is 277 g/mol. The zero-order chi connectivity index (χ0) is 14.6. The van der Waals surface area contributed by atoms with E-state index in [0.29, 0.717) is 12.1 Å². The van der Waals surface area contributed by atoms with E-state index in [-0.39, 0.29) is 5.60 Å². The number of nitrogens with one attached hydrogen (secondary N) is 1. The van der Waals surface area contributed by atoms with Crippen LogP contribution in [0.3, 0.4) is 0 Å². The van der Waals surface area contributed by atoms with Crippen molar-refractivity contribution in [3.05, 3.63) is 29.8 Å². The zero-order valence-corrected chi connectivity index (χ0v) is 13.1. The van der Waals surface area contributed by atoms with Crippen molar-refractivity contribution in [1.29, 1.82) is 0 Å². The van der Waals surface area contributed by atoms with Gasteiger partial charge in [0.2, 0.25) is 0 Å². The Morgan fingerprint density at radius 3 is 2.30 bits per heavy atom. The van der Waals surface area contributed by atoms with Crippen LogP contribution in [-0.2, 0) is 4.74 Å². The summed E-state index contributed by atoms with van der Waals surface area (Å²) in [5.74, 6) is 0.930. The maximum absolute atomic E-state index is 5.85. The fourth-order valence-electron chi connectivity index (χ4n) is 2.49. The Hall–Kier alpha value is -1.06. The molecule has 1 aliphatic rings. The van der Waals surface area contributed by atoms with Gasteiger partial charge < -0.3 is 14.8 Å². The summed E-state index contributed by atoms with van der Waals surface area (Å²) in [6, 6.07) is 9.35. The molecule has 1 heterocycles. The average molecular weight is 277 g/mol. The molecule has 3 nitrogen and oxygen atoms in total. The highest BCUT2D eigenvalue weighted by atomic mass is 16.5. The summed E-state index contributed by atoms with van der Waals surface area (Å²) in [6.45, 7) is 10.2. The summed E-state index contributed by atoms with van der Waals surface area (Å²) in [6.07, 6.45) is 2.21. The molecule has 112 valence electrons. The third-order valence-electron chi connectivity index (χ3n) is 3.51. The van der Waals surface area contributed by atoms with Crippen LogP contribution in [0, 0.1) is 0 Å². The lowest BCUT2D eigenvalue weighted by Gasteiger charge is -2.27. The van der Waals surface area contributed by atoms with Gasteiger partial charge in [0.05, 0.1) is 0 Å². The Balaban J connectivity index is 1.91. The first kappa shape index (κ1) is 15.3. The summed E-state index contributed by atoms with van der Waals surface area (Å²) < 4.78 is 11.2. The normalized spacial score (nSPS) is 18.8. The number of benzene rings is 1. The molecule has 1 aromatic carbocycles. The van der Waals surface area contributed by atoms with E-state index < -0.39 is 0 Å². The molecule has 1 atom stereocenters. The first-order chi connectivity index (χ1) is 9.44. The second-order valence-electron chi connectivity index (χ2n) is 6.56. The fourth-order valence-corrected chi connectivity index (χ4v) is 2.49. The van der Waals surface area contributed by atoms with Crippen LogP contribution in [-0.4, -0.2) is 24.9 Å². The second-order valence-corrected chi connectivity index (χ2v) is 6.56. The Kier molecular flexibility index (Phi) is 5.06. The lowest BCUT2D eigenvalue weighted by atomic mass is 10.0. The molecular formula is C17H27NO2. The molecule has 1 aliphatic heterocycles. The van der Waals surface area contributed by atoms with Crippen LogP contribution in [0.2, 0.25) is 0 Å². The van der Waals surface area contributed by atoms with E-state index in [1.165, 1.54) is 5.56 Å². The minimum Gasteiger partial charge on any atom is -0.488 e. The van der Waals surface area contributed by atoms with Crippen LogP contribution in [0.15, 0.2) is 24.3 Å². The molecule has 20 heavy (non-hydrogen) atoms. The molecular weight excluding hydrogens is 250 g/mol. The molecule has 3 heteroatoms. The molecule has 2 rings (SSSR count). The molecule has 0 amide bonds. The zero-order valence-electron chi connectivity index (χ0n) is 13.1. The Bertz CT molecular complexity index is 402. The van der Waals surface area contributed by atoms with E-state index in [2.05, 4.69) is 57.3 Å².